The van der Waals surface area contributed by atoms with Gasteiger partial charge in [0.15, 0.2) is 23.4 Å². The van der Waals surface area contributed by atoms with Crippen LogP contribution in [0.1, 0.15) is 11.9 Å². The fourth-order valence-electron chi connectivity index (χ4n) is 1.89. The summed E-state index contributed by atoms with van der Waals surface area (Å²) in [5.41, 5.74) is 5.09. The van der Waals surface area contributed by atoms with Gasteiger partial charge in [-0.2, -0.15) is 0 Å². The molecule has 2 heterocycles. The molecular weight excluding hydrogens is 294 g/mol. The molecule has 0 saturated carbocycles. The number of nitrogens with zero attached hydrogens (tertiary/aromatic N) is 3. The van der Waals surface area contributed by atoms with Gasteiger partial charge in [-0.25, -0.2) is 4.68 Å². The van der Waals surface area contributed by atoms with Crippen molar-refractivity contribution in [3.8, 4) is 11.5 Å². The van der Waals surface area contributed by atoms with Crippen molar-refractivity contribution in [1.29, 1.82) is 0 Å². The van der Waals surface area contributed by atoms with Gasteiger partial charge in [-0.3, -0.25) is 4.79 Å². The van der Waals surface area contributed by atoms with E-state index in [4.69, 9.17) is 21.1 Å². The zero-order valence-corrected chi connectivity index (χ0v) is 11.7. The second-order valence-corrected chi connectivity index (χ2v) is 5.27. The van der Waals surface area contributed by atoms with Crippen molar-refractivity contribution in [3.05, 3.63) is 30.1 Å². The summed E-state index contributed by atoms with van der Waals surface area (Å²) in [7, 11) is 0. The maximum atomic E-state index is 10.8. The van der Waals surface area contributed by atoms with E-state index in [-0.39, 0.29) is 12.4 Å². The van der Waals surface area contributed by atoms with Gasteiger partial charge in [-0.1, -0.05) is 23.9 Å². The number of benzene rings is 1. The molecule has 1 aliphatic rings. The molecule has 0 spiro atoms. The van der Waals surface area contributed by atoms with Crippen LogP contribution in [0.25, 0.3) is 0 Å². The van der Waals surface area contributed by atoms with E-state index in [1.54, 1.807) is 0 Å². The average molecular weight is 307 g/mol. The third kappa shape index (κ3) is 2.72. The van der Waals surface area contributed by atoms with Gasteiger partial charge in [0.2, 0.25) is 11.1 Å². The molecule has 21 heavy (non-hydrogen) atoms. The van der Waals surface area contributed by atoms with Crippen LogP contribution in [0.5, 0.6) is 11.5 Å². The standard InChI is InChI=1S/C12H13N5O3S/c13-10(18)6-21-12-16-15-11(17(12)14)9-5-19-7-3-1-2-4-8(7)20-9/h1-4,9H,5-6,14H2,(H2,13,18)/t9-/m0/s1. The number of carbonyl (C=O) groups excluding carboxylic acids is 1. The van der Waals surface area contributed by atoms with Gasteiger partial charge < -0.3 is 21.1 Å². The molecule has 9 heteroatoms. The highest BCUT2D eigenvalue weighted by Gasteiger charge is 2.28. The molecule has 1 aliphatic heterocycles. The molecule has 1 aromatic carbocycles. The average Bonchev–Trinajstić information content (AvgIpc) is 2.85. The highest BCUT2D eigenvalue weighted by molar-refractivity contribution is 7.99. The van der Waals surface area contributed by atoms with Crippen LogP contribution in [-0.2, 0) is 4.79 Å². The number of para-hydroxylation sites is 2. The summed E-state index contributed by atoms with van der Waals surface area (Å²) in [5, 5.41) is 8.32. The van der Waals surface area contributed by atoms with Gasteiger partial charge in [0.05, 0.1) is 5.75 Å². The lowest BCUT2D eigenvalue weighted by Crippen LogP contribution is -2.27. The first-order valence-electron chi connectivity index (χ1n) is 6.15. The second-order valence-electron chi connectivity index (χ2n) is 4.33. The highest BCUT2D eigenvalue weighted by Crippen LogP contribution is 2.35. The first kappa shape index (κ1) is 13.6. The number of fused-ring (bicyclic) bond motifs is 1. The predicted octanol–water partition coefficient (Wildman–Crippen LogP) is 0.0818. The number of aromatic nitrogens is 3. The van der Waals surface area contributed by atoms with Crippen molar-refractivity contribution in [2.24, 2.45) is 5.73 Å². The molecule has 0 fully saturated rings. The lowest BCUT2D eigenvalue weighted by atomic mass is 10.2. The number of nitrogens with two attached hydrogens (primary N) is 2. The van der Waals surface area contributed by atoms with E-state index in [2.05, 4.69) is 10.2 Å². The largest absolute Gasteiger partial charge is 0.485 e. The summed E-state index contributed by atoms with van der Waals surface area (Å²) in [4.78, 5) is 10.8. The summed E-state index contributed by atoms with van der Waals surface area (Å²) >= 11 is 1.12. The van der Waals surface area contributed by atoms with Crippen molar-refractivity contribution in [2.45, 2.75) is 11.3 Å². The maximum absolute atomic E-state index is 10.8. The number of hydrogen-bond acceptors (Lipinski definition) is 7. The number of nitrogen functional groups attached to an aromatic ring is 1. The molecule has 8 nitrogen and oxygen atoms in total. The Labute approximate surface area is 124 Å². The number of thioether (sulfide) groups is 1. The Morgan fingerprint density at radius 2 is 2.14 bits per heavy atom. The molecule has 0 saturated heterocycles. The first-order chi connectivity index (χ1) is 10.1. The van der Waals surface area contributed by atoms with Gasteiger partial charge in [0, 0.05) is 0 Å². The zero-order valence-electron chi connectivity index (χ0n) is 10.9. The highest BCUT2D eigenvalue weighted by atomic mass is 32.2. The normalized spacial score (nSPS) is 16.7. The Morgan fingerprint density at radius 1 is 1.38 bits per heavy atom. The SMILES string of the molecule is NC(=O)CSc1nnc([C@@H]2COc3ccccc3O2)n1N. The molecule has 0 bridgehead atoms. The van der Waals surface area contributed by atoms with Crippen LogP contribution in [0.15, 0.2) is 29.4 Å². The van der Waals surface area contributed by atoms with E-state index in [9.17, 15) is 4.79 Å². The Bertz CT molecular complexity index is 675. The maximum Gasteiger partial charge on any atom is 0.227 e. The van der Waals surface area contributed by atoms with Crippen LogP contribution >= 0.6 is 11.8 Å². The van der Waals surface area contributed by atoms with Gasteiger partial charge in [-0.15, -0.1) is 10.2 Å². The van der Waals surface area contributed by atoms with E-state index in [1.807, 2.05) is 24.3 Å². The topological polar surface area (TPSA) is 118 Å². The van der Waals surface area contributed by atoms with E-state index in [1.165, 1.54) is 4.68 Å². The van der Waals surface area contributed by atoms with Crippen molar-refractivity contribution < 1.29 is 14.3 Å². The minimum absolute atomic E-state index is 0.0835. The molecule has 110 valence electrons. The molecule has 4 N–H and O–H groups in total. The molecular formula is C12H13N5O3S. The van der Waals surface area contributed by atoms with Crippen molar-refractivity contribution >= 4 is 17.7 Å². The third-order valence-electron chi connectivity index (χ3n) is 2.83. The van der Waals surface area contributed by atoms with Gasteiger partial charge in [0.25, 0.3) is 0 Å². The summed E-state index contributed by atoms with van der Waals surface area (Å²) < 4.78 is 12.7. The summed E-state index contributed by atoms with van der Waals surface area (Å²) in [6.07, 6.45) is -0.458. The third-order valence-corrected chi connectivity index (χ3v) is 3.80. The Kier molecular flexibility index (Phi) is 3.57. The molecule has 3 rings (SSSR count). The van der Waals surface area contributed by atoms with E-state index >= 15 is 0 Å². The fraction of sp³-hybridized carbons (Fsp3) is 0.250. The Morgan fingerprint density at radius 3 is 2.90 bits per heavy atom. The Balaban J connectivity index is 1.78. The number of hydrogen-bond donors (Lipinski definition) is 2. The number of primary amides is 1. The lowest BCUT2D eigenvalue weighted by Gasteiger charge is -2.25. The van der Waals surface area contributed by atoms with Crippen LogP contribution in [0.2, 0.25) is 0 Å². The number of amides is 1. The lowest BCUT2D eigenvalue weighted by molar-refractivity contribution is -0.115. The van der Waals surface area contributed by atoms with Crippen LogP contribution in [0, 0.1) is 0 Å². The van der Waals surface area contributed by atoms with Crippen molar-refractivity contribution in [1.82, 2.24) is 14.9 Å². The summed E-state index contributed by atoms with van der Waals surface area (Å²) in [6, 6.07) is 7.35. The fourth-order valence-corrected chi connectivity index (χ4v) is 2.49. The smallest absolute Gasteiger partial charge is 0.227 e. The quantitative estimate of drug-likeness (QED) is 0.606. The van der Waals surface area contributed by atoms with E-state index < -0.39 is 12.0 Å². The minimum atomic E-state index is -0.458. The number of ether oxygens (including phenoxy) is 2. The van der Waals surface area contributed by atoms with Crippen molar-refractivity contribution in [3.63, 3.8) is 0 Å². The summed E-state index contributed by atoms with van der Waals surface area (Å²) in [6.45, 7) is 0.285. The molecule has 1 amide bonds. The monoisotopic (exact) mass is 307 g/mol. The first-order valence-corrected chi connectivity index (χ1v) is 7.13. The van der Waals surface area contributed by atoms with Crippen LogP contribution in [0.3, 0.4) is 0 Å². The number of carbonyl (C=O) groups is 1. The van der Waals surface area contributed by atoms with E-state index in [0.717, 1.165) is 11.8 Å². The van der Waals surface area contributed by atoms with Crippen LogP contribution in [0.4, 0.5) is 0 Å². The van der Waals surface area contributed by atoms with Crippen LogP contribution in [-0.4, -0.2) is 33.1 Å². The van der Waals surface area contributed by atoms with Crippen LogP contribution < -0.4 is 21.1 Å². The van der Waals surface area contributed by atoms with Gasteiger partial charge in [0.1, 0.15) is 6.61 Å². The predicted molar refractivity (Wildman–Crippen MR) is 75.4 cm³/mol. The number of rotatable bonds is 4. The molecule has 1 aromatic heterocycles. The van der Waals surface area contributed by atoms with Gasteiger partial charge in [-0.05, 0) is 12.1 Å². The molecule has 1 atom stereocenters. The van der Waals surface area contributed by atoms with Gasteiger partial charge >= 0.3 is 0 Å². The second kappa shape index (κ2) is 5.52. The molecule has 0 unspecified atom stereocenters. The summed E-state index contributed by atoms with van der Waals surface area (Å²) in [5.74, 6) is 7.29. The van der Waals surface area contributed by atoms with E-state index in [0.29, 0.717) is 22.5 Å². The minimum Gasteiger partial charge on any atom is -0.485 e. The molecule has 2 aromatic rings. The molecule has 0 radical (unpaired) electrons. The van der Waals surface area contributed by atoms with Crippen molar-refractivity contribution in [2.75, 3.05) is 18.2 Å². The molecule has 0 aliphatic carbocycles. The zero-order chi connectivity index (χ0) is 14.8. The Hall–Kier alpha value is -2.42.